The zero-order valence-electron chi connectivity index (χ0n) is 9.38. The Kier molecular flexibility index (Phi) is 3.71. The van der Waals surface area contributed by atoms with Gasteiger partial charge >= 0.3 is 0 Å². The summed E-state index contributed by atoms with van der Waals surface area (Å²) in [6.45, 7) is 3.96. The molecule has 88 valence electrons. The van der Waals surface area contributed by atoms with Crippen LogP contribution in [0, 0.1) is 13.8 Å². The molecule has 1 nitrogen and oxygen atoms in total. The van der Waals surface area contributed by atoms with Crippen LogP contribution in [0.3, 0.4) is 0 Å². The van der Waals surface area contributed by atoms with E-state index in [0.29, 0.717) is 10.6 Å². The van der Waals surface area contributed by atoms with Crippen LogP contribution >= 0.6 is 38.9 Å². The summed E-state index contributed by atoms with van der Waals surface area (Å²) in [6.07, 6.45) is 0. The van der Waals surface area contributed by atoms with Crippen LogP contribution in [0.15, 0.2) is 28.7 Å². The summed E-state index contributed by atoms with van der Waals surface area (Å²) in [5.41, 5.74) is 1.65. The minimum absolute atomic E-state index is 0.0370. The highest BCUT2D eigenvalue weighted by atomic mass is 79.9. The lowest BCUT2D eigenvalue weighted by Crippen LogP contribution is -2.00. The fourth-order valence-electron chi connectivity index (χ4n) is 1.64. The van der Waals surface area contributed by atoms with E-state index in [1.807, 2.05) is 19.9 Å². The number of benzene rings is 1. The molecule has 0 aliphatic carbocycles. The summed E-state index contributed by atoms with van der Waals surface area (Å²) in [7, 11) is 0. The van der Waals surface area contributed by atoms with Crippen molar-refractivity contribution in [1.82, 2.24) is 0 Å². The predicted octanol–water partition coefficient (Wildman–Crippen LogP) is 5.01. The molecule has 0 radical (unpaired) electrons. The van der Waals surface area contributed by atoms with Gasteiger partial charge in [-0.05, 0) is 59.6 Å². The lowest BCUT2D eigenvalue weighted by Gasteiger charge is -2.02. The molecule has 1 aromatic carbocycles. The smallest absolute Gasteiger partial charge is 0.203 e. The third-order valence-corrected chi connectivity index (χ3v) is 4.81. The molecule has 4 heteroatoms. The van der Waals surface area contributed by atoms with Gasteiger partial charge in [0.25, 0.3) is 0 Å². The molecular weight excluding hydrogens is 320 g/mol. The summed E-state index contributed by atoms with van der Waals surface area (Å²) < 4.78 is 0.801. The van der Waals surface area contributed by atoms with E-state index in [4.69, 9.17) is 11.6 Å². The first-order valence-electron chi connectivity index (χ1n) is 5.06. The fourth-order valence-corrected chi connectivity index (χ4v) is 3.05. The van der Waals surface area contributed by atoms with Crippen LogP contribution in [0.4, 0.5) is 0 Å². The third kappa shape index (κ3) is 2.62. The van der Waals surface area contributed by atoms with Crippen molar-refractivity contribution in [2.45, 2.75) is 13.8 Å². The first-order valence-corrected chi connectivity index (χ1v) is 7.04. The van der Waals surface area contributed by atoms with Crippen LogP contribution in [0.1, 0.15) is 25.7 Å². The van der Waals surface area contributed by atoms with Crippen LogP contribution in [-0.4, -0.2) is 5.78 Å². The molecular formula is C13H10BrClOS. The molecule has 0 unspecified atom stereocenters. The van der Waals surface area contributed by atoms with Crippen molar-refractivity contribution in [2.24, 2.45) is 0 Å². The van der Waals surface area contributed by atoms with Gasteiger partial charge in [0.2, 0.25) is 5.78 Å². The van der Waals surface area contributed by atoms with E-state index in [-0.39, 0.29) is 5.78 Å². The maximum absolute atomic E-state index is 12.3. The topological polar surface area (TPSA) is 17.1 Å². The highest BCUT2D eigenvalue weighted by Gasteiger charge is 2.15. The Bertz CT molecular complexity index is 589. The van der Waals surface area contributed by atoms with E-state index in [2.05, 4.69) is 15.9 Å². The Labute approximate surface area is 118 Å². The molecule has 1 heterocycles. The van der Waals surface area contributed by atoms with Gasteiger partial charge in [-0.2, -0.15) is 0 Å². The quantitative estimate of drug-likeness (QED) is 0.708. The normalized spacial score (nSPS) is 10.6. The summed E-state index contributed by atoms with van der Waals surface area (Å²) in [6, 6.07) is 7.30. The van der Waals surface area contributed by atoms with Crippen molar-refractivity contribution in [3.05, 3.63) is 54.6 Å². The van der Waals surface area contributed by atoms with Crippen molar-refractivity contribution < 1.29 is 4.79 Å². The van der Waals surface area contributed by atoms with E-state index in [1.165, 1.54) is 11.3 Å². The van der Waals surface area contributed by atoms with Crippen molar-refractivity contribution in [2.75, 3.05) is 0 Å². The molecule has 0 aliphatic heterocycles. The second-order valence-corrected chi connectivity index (χ2v) is 6.35. The first kappa shape index (κ1) is 12.8. The second kappa shape index (κ2) is 4.92. The number of carbonyl (C=O) groups is 1. The van der Waals surface area contributed by atoms with E-state index in [0.717, 1.165) is 19.8 Å². The van der Waals surface area contributed by atoms with Crippen molar-refractivity contribution >= 4 is 44.7 Å². The highest BCUT2D eigenvalue weighted by Crippen LogP contribution is 2.27. The van der Waals surface area contributed by atoms with Gasteiger partial charge in [0.1, 0.15) is 0 Å². The lowest BCUT2D eigenvalue weighted by molar-refractivity contribution is 0.104. The maximum Gasteiger partial charge on any atom is 0.203 e. The molecule has 2 rings (SSSR count). The van der Waals surface area contributed by atoms with Gasteiger partial charge in [0, 0.05) is 14.9 Å². The molecule has 0 aliphatic rings. The number of ketones is 1. The molecule has 0 bridgehead atoms. The Morgan fingerprint density at radius 1 is 1.29 bits per heavy atom. The zero-order chi connectivity index (χ0) is 12.6. The maximum atomic E-state index is 12.3. The Balaban J connectivity index is 2.44. The van der Waals surface area contributed by atoms with Crippen molar-refractivity contribution in [3.63, 3.8) is 0 Å². The van der Waals surface area contributed by atoms with Gasteiger partial charge in [-0.25, -0.2) is 0 Å². The van der Waals surface area contributed by atoms with E-state index < -0.39 is 0 Å². The number of thiophene rings is 1. The number of halogens is 2. The molecule has 0 amide bonds. The van der Waals surface area contributed by atoms with Crippen LogP contribution < -0.4 is 0 Å². The van der Waals surface area contributed by atoms with Crippen LogP contribution in [0.2, 0.25) is 5.02 Å². The van der Waals surface area contributed by atoms with E-state index >= 15 is 0 Å². The molecule has 0 fully saturated rings. The number of carbonyl (C=O) groups excluding carboxylic acids is 1. The number of rotatable bonds is 2. The molecule has 0 saturated heterocycles. The minimum atomic E-state index is 0.0370. The van der Waals surface area contributed by atoms with Crippen molar-refractivity contribution in [3.8, 4) is 0 Å². The van der Waals surface area contributed by atoms with Gasteiger partial charge in [0.15, 0.2) is 0 Å². The molecule has 0 saturated carbocycles. The van der Waals surface area contributed by atoms with Crippen LogP contribution in [0.25, 0.3) is 0 Å². The summed E-state index contributed by atoms with van der Waals surface area (Å²) in [5, 5.41) is 0.557. The predicted molar refractivity (Wildman–Crippen MR) is 76.4 cm³/mol. The SMILES string of the molecule is Cc1cc(C)c(C(=O)c2ccc(Br)c(Cl)c2)s1. The molecule has 0 atom stereocenters. The van der Waals surface area contributed by atoms with Gasteiger partial charge in [-0.3, -0.25) is 4.79 Å². The minimum Gasteiger partial charge on any atom is -0.288 e. The molecule has 0 N–H and O–H groups in total. The molecule has 2 aromatic rings. The number of hydrogen-bond acceptors (Lipinski definition) is 2. The Hall–Kier alpha value is -0.640. The number of aryl methyl sites for hydroxylation is 2. The Morgan fingerprint density at radius 2 is 2.00 bits per heavy atom. The van der Waals surface area contributed by atoms with Gasteiger partial charge in [-0.1, -0.05) is 11.6 Å². The largest absolute Gasteiger partial charge is 0.288 e. The first-order chi connectivity index (χ1) is 7.99. The molecule has 17 heavy (non-hydrogen) atoms. The second-order valence-electron chi connectivity index (χ2n) is 3.83. The third-order valence-electron chi connectivity index (χ3n) is 2.43. The molecule has 0 spiro atoms. The monoisotopic (exact) mass is 328 g/mol. The summed E-state index contributed by atoms with van der Waals surface area (Å²) in [4.78, 5) is 14.2. The van der Waals surface area contributed by atoms with Crippen LogP contribution in [0.5, 0.6) is 0 Å². The Morgan fingerprint density at radius 3 is 2.53 bits per heavy atom. The van der Waals surface area contributed by atoms with E-state index in [9.17, 15) is 4.79 Å². The number of hydrogen-bond donors (Lipinski definition) is 0. The van der Waals surface area contributed by atoms with E-state index in [1.54, 1.807) is 18.2 Å². The van der Waals surface area contributed by atoms with Gasteiger partial charge in [-0.15, -0.1) is 11.3 Å². The molecule has 1 aromatic heterocycles. The van der Waals surface area contributed by atoms with Crippen LogP contribution in [-0.2, 0) is 0 Å². The average Bonchev–Trinajstić information content (AvgIpc) is 2.61. The summed E-state index contributed by atoms with van der Waals surface area (Å²) >= 11 is 10.8. The summed E-state index contributed by atoms with van der Waals surface area (Å²) in [5.74, 6) is 0.0370. The van der Waals surface area contributed by atoms with Crippen molar-refractivity contribution in [1.29, 1.82) is 0 Å². The van der Waals surface area contributed by atoms with Gasteiger partial charge in [0.05, 0.1) is 9.90 Å². The standard InChI is InChI=1S/C13H10BrClOS/c1-7-5-8(2)17-13(7)12(16)9-3-4-10(14)11(15)6-9/h3-6H,1-2H3. The lowest BCUT2D eigenvalue weighted by atomic mass is 10.1. The van der Waals surface area contributed by atoms with Gasteiger partial charge < -0.3 is 0 Å². The zero-order valence-corrected chi connectivity index (χ0v) is 12.5. The average molecular weight is 330 g/mol. The highest BCUT2D eigenvalue weighted by molar-refractivity contribution is 9.10. The fraction of sp³-hybridized carbons (Fsp3) is 0.154.